The standard InChI is InChI=1S/C49H80N8O12/c1-16-28(6)39(57(15)37(59)26-51-45(65)40(60)29(7)17-2)44(64)50-25-36(58)56(14)38(27(4)5)46(66)55(13)35(24-33-22-20-19-21-23-33)43(63)52-31(9)41(61)49(11,12)48(69)53-32(10)42(62)54-34(18-3)30(8)47(67)68/h19-23,27-32,34-35,38-40,60H,16-18,24-26H2,1-15H3,(H,50,64)(H,51,65)(H,52,63)(H,53,69)(H,54,62)(H,67,68). The number of benzene rings is 1. The number of hydrogen-bond acceptors (Lipinski definition) is 11. The molecule has 1 aromatic carbocycles. The van der Waals surface area contributed by atoms with Crippen LogP contribution in [0, 0.1) is 29.1 Å². The molecule has 0 aliphatic carbocycles. The Balaban J connectivity index is 3.28. The second-order valence-electron chi connectivity index (χ2n) is 19.0. The molecule has 10 atom stereocenters. The summed E-state index contributed by atoms with van der Waals surface area (Å²) in [6.07, 6.45) is 0.0275. The van der Waals surface area contributed by atoms with E-state index in [1.165, 1.54) is 70.5 Å². The Morgan fingerprint density at radius 3 is 1.59 bits per heavy atom. The molecule has 0 bridgehead atoms. The lowest BCUT2D eigenvalue weighted by atomic mass is 9.83. The molecular weight excluding hydrogens is 893 g/mol. The third-order valence-corrected chi connectivity index (χ3v) is 13.1. The van der Waals surface area contributed by atoms with Crippen LogP contribution in [0.1, 0.15) is 108 Å². The zero-order chi connectivity index (χ0) is 53.2. The van der Waals surface area contributed by atoms with Crippen LogP contribution in [0.4, 0.5) is 0 Å². The van der Waals surface area contributed by atoms with Gasteiger partial charge in [-0.25, -0.2) is 0 Å². The molecule has 0 aromatic heterocycles. The molecule has 0 saturated heterocycles. The Morgan fingerprint density at radius 2 is 1.12 bits per heavy atom. The number of aliphatic carboxylic acids is 1. The number of carbonyl (C=O) groups excluding carboxylic acids is 9. The number of aliphatic hydroxyl groups is 1. The molecule has 10 unspecified atom stereocenters. The number of amides is 8. The third-order valence-electron chi connectivity index (χ3n) is 13.1. The van der Waals surface area contributed by atoms with E-state index in [9.17, 15) is 58.2 Å². The number of carboxylic acid groups (broad SMARTS) is 1. The molecule has 0 spiro atoms. The van der Waals surface area contributed by atoms with Crippen molar-refractivity contribution in [2.24, 2.45) is 29.1 Å². The van der Waals surface area contributed by atoms with Crippen molar-refractivity contribution in [3.63, 3.8) is 0 Å². The van der Waals surface area contributed by atoms with Crippen LogP contribution in [-0.2, 0) is 54.4 Å². The Hall–Kier alpha value is -5.92. The first-order valence-corrected chi connectivity index (χ1v) is 23.8. The van der Waals surface area contributed by atoms with Crippen molar-refractivity contribution in [1.29, 1.82) is 0 Å². The number of hydrogen-bond donors (Lipinski definition) is 7. The van der Waals surface area contributed by atoms with Crippen LogP contribution in [-0.4, -0.2) is 161 Å². The van der Waals surface area contributed by atoms with E-state index in [0.717, 1.165) is 0 Å². The van der Waals surface area contributed by atoms with Crippen molar-refractivity contribution in [1.82, 2.24) is 41.3 Å². The van der Waals surface area contributed by atoms with Gasteiger partial charge in [0.25, 0.3) is 0 Å². The largest absolute Gasteiger partial charge is 0.481 e. The quantitative estimate of drug-likeness (QED) is 0.0585. The molecular formula is C49H80N8O12. The maximum Gasteiger partial charge on any atom is 0.308 e. The van der Waals surface area contributed by atoms with E-state index in [0.29, 0.717) is 24.8 Å². The van der Waals surface area contributed by atoms with Crippen molar-refractivity contribution in [3.05, 3.63) is 35.9 Å². The highest BCUT2D eigenvalue weighted by molar-refractivity contribution is 6.09. The van der Waals surface area contributed by atoms with Crippen LogP contribution in [0.2, 0.25) is 0 Å². The number of ketones is 1. The minimum absolute atomic E-state index is 0.00449. The molecule has 0 aliphatic heterocycles. The second-order valence-corrected chi connectivity index (χ2v) is 19.0. The van der Waals surface area contributed by atoms with Gasteiger partial charge >= 0.3 is 5.97 Å². The topological polar surface area (TPSA) is 281 Å². The van der Waals surface area contributed by atoms with Crippen molar-refractivity contribution < 1.29 is 58.2 Å². The molecule has 20 heteroatoms. The van der Waals surface area contributed by atoms with Crippen molar-refractivity contribution in [2.45, 2.75) is 151 Å². The molecule has 0 aliphatic rings. The molecule has 1 aromatic rings. The maximum atomic E-state index is 14.5. The van der Waals surface area contributed by atoms with Crippen molar-refractivity contribution in [3.8, 4) is 0 Å². The SMILES string of the molecule is CCC(C)C(O)C(=O)NCC(=O)N(C)C(C(=O)NCC(=O)N(C)C(C(=O)N(C)C(Cc1ccccc1)C(=O)NC(C)C(=O)C(C)(C)C(=O)NC(C)C(=O)NC(CC)C(C)C(=O)O)C(C)C)C(C)CC. The first kappa shape index (κ1) is 61.1. The molecule has 7 N–H and O–H groups in total. The van der Waals surface area contributed by atoms with Gasteiger partial charge < -0.3 is 51.5 Å². The molecule has 388 valence electrons. The summed E-state index contributed by atoms with van der Waals surface area (Å²) in [5.41, 5.74) is -1.10. The van der Waals surface area contributed by atoms with Crippen molar-refractivity contribution >= 4 is 59.0 Å². The van der Waals surface area contributed by atoms with Crippen LogP contribution >= 0.6 is 0 Å². The summed E-state index contributed by atoms with van der Waals surface area (Å²) in [6, 6.07) is 2.27. The van der Waals surface area contributed by atoms with Gasteiger partial charge in [0.2, 0.25) is 47.3 Å². The van der Waals surface area contributed by atoms with E-state index >= 15 is 0 Å². The van der Waals surface area contributed by atoms with Crippen LogP contribution in [0.5, 0.6) is 0 Å². The number of likely N-dealkylation sites (N-methyl/N-ethyl adjacent to an activating group) is 3. The molecule has 1 rings (SSSR count). The second kappa shape index (κ2) is 27.9. The normalized spacial score (nSPS) is 15.8. The maximum absolute atomic E-state index is 14.5. The molecule has 0 saturated carbocycles. The third kappa shape index (κ3) is 17.2. The fourth-order valence-electron chi connectivity index (χ4n) is 7.65. The lowest BCUT2D eigenvalue weighted by Gasteiger charge is -2.37. The fraction of sp³-hybridized carbons (Fsp3) is 0.673. The zero-order valence-electron chi connectivity index (χ0n) is 43.3. The van der Waals surface area contributed by atoms with Gasteiger partial charge in [0, 0.05) is 33.6 Å². The van der Waals surface area contributed by atoms with E-state index in [4.69, 9.17) is 0 Å². The van der Waals surface area contributed by atoms with Crippen LogP contribution in [0.15, 0.2) is 30.3 Å². The number of aliphatic hydroxyl groups excluding tert-OH is 1. The number of carboxylic acids is 1. The predicted molar refractivity (Wildman–Crippen MR) is 259 cm³/mol. The molecule has 0 fully saturated rings. The molecule has 0 radical (unpaired) electrons. The fourth-order valence-corrected chi connectivity index (χ4v) is 7.65. The van der Waals surface area contributed by atoms with E-state index in [1.807, 2.05) is 13.8 Å². The lowest BCUT2D eigenvalue weighted by Crippen LogP contribution is -2.60. The average molecular weight is 973 g/mol. The van der Waals surface area contributed by atoms with Gasteiger partial charge in [0.15, 0.2) is 5.78 Å². The van der Waals surface area contributed by atoms with Crippen LogP contribution in [0.25, 0.3) is 0 Å². The van der Waals surface area contributed by atoms with Crippen molar-refractivity contribution in [2.75, 3.05) is 34.2 Å². The van der Waals surface area contributed by atoms with Gasteiger partial charge in [-0.3, -0.25) is 47.9 Å². The Morgan fingerprint density at radius 1 is 0.609 bits per heavy atom. The number of Topliss-reactive ketones (excluding diaryl/α,β-unsaturated/α-hetero) is 1. The smallest absolute Gasteiger partial charge is 0.308 e. The minimum atomic E-state index is -1.77. The average Bonchev–Trinajstić information content (AvgIpc) is 3.31. The molecule has 69 heavy (non-hydrogen) atoms. The Kier molecular flexibility index (Phi) is 24.7. The highest BCUT2D eigenvalue weighted by Gasteiger charge is 2.43. The van der Waals surface area contributed by atoms with E-state index in [1.54, 1.807) is 65.0 Å². The van der Waals surface area contributed by atoms with Gasteiger partial charge in [0.1, 0.15) is 35.7 Å². The zero-order valence-corrected chi connectivity index (χ0v) is 43.3. The van der Waals surface area contributed by atoms with Gasteiger partial charge in [-0.2, -0.15) is 0 Å². The van der Waals surface area contributed by atoms with Gasteiger partial charge in [0.05, 0.1) is 25.0 Å². The number of rotatable bonds is 28. The molecule has 20 nitrogen and oxygen atoms in total. The first-order chi connectivity index (χ1) is 32.0. The highest BCUT2D eigenvalue weighted by Crippen LogP contribution is 2.22. The number of nitrogens with zero attached hydrogens (tertiary/aromatic N) is 3. The van der Waals surface area contributed by atoms with Crippen LogP contribution in [0.3, 0.4) is 0 Å². The first-order valence-electron chi connectivity index (χ1n) is 23.8. The van der Waals surface area contributed by atoms with E-state index in [-0.39, 0.29) is 18.3 Å². The summed E-state index contributed by atoms with van der Waals surface area (Å²) in [5.74, 6) is -9.34. The summed E-state index contributed by atoms with van der Waals surface area (Å²) in [7, 11) is 4.20. The van der Waals surface area contributed by atoms with E-state index < -0.39 is 132 Å². The lowest BCUT2D eigenvalue weighted by molar-refractivity contribution is -0.150. The summed E-state index contributed by atoms with van der Waals surface area (Å²) in [6.45, 7) is 18.1. The minimum Gasteiger partial charge on any atom is -0.481 e. The van der Waals surface area contributed by atoms with Gasteiger partial charge in [-0.1, -0.05) is 91.6 Å². The summed E-state index contributed by atoms with van der Waals surface area (Å²) in [4.78, 5) is 137. The molecule has 8 amide bonds. The van der Waals surface area contributed by atoms with Gasteiger partial charge in [-0.05, 0) is 64.4 Å². The number of nitrogens with one attached hydrogen (secondary N) is 5. The molecule has 0 heterocycles. The highest BCUT2D eigenvalue weighted by atomic mass is 16.4. The summed E-state index contributed by atoms with van der Waals surface area (Å²) < 4.78 is 0. The predicted octanol–water partition coefficient (Wildman–Crippen LogP) is 1.27. The van der Waals surface area contributed by atoms with Gasteiger partial charge in [-0.15, -0.1) is 0 Å². The van der Waals surface area contributed by atoms with E-state index in [2.05, 4.69) is 26.6 Å². The Bertz CT molecular complexity index is 1960. The Labute approximate surface area is 407 Å². The summed E-state index contributed by atoms with van der Waals surface area (Å²) >= 11 is 0. The number of carbonyl (C=O) groups is 10. The van der Waals surface area contributed by atoms with Crippen LogP contribution < -0.4 is 26.6 Å². The monoisotopic (exact) mass is 973 g/mol. The summed E-state index contributed by atoms with van der Waals surface area (Å²) in [5, 5.41) is 32.4.